The fourth-order valence-electron chi connectivity index (χ4n) is 2.61. The zero-order chi connectivity index (χ0) is 11.8. The number of benzene rings is 1. The smallest absolute Gasteiger partial charge is 0.149 e. The molecular formula is C13H16FN3. The first kappa shape index (κ1) is 10.7. The molecule has 0 aliphatic carbocycles. The molecule has 1 aliphatic rings. The van der Waals surface area contributed by atoms with E-state index in [1.165, 1.54) is 12.5 Å². The van der Waals surface area contributed by atoms with Gasteiger partial charge in [0, 0.05) is 11.4 Å². The molecule has 1 N–H and O–H groups in total. The normalized spacial score (nSPS) is 20.2. The molecule has 0 bridgehead atoms. The SMILES string of the molecule is Cc1nn(CC2CCCN2)c2c(F)cccc12. The van der Waals surface area contributed by atoms with Crippen molar-refractivity contribution in [3.8, 4) is 0 Å². The summed E-state index contributed by atoms with van der Waals surface area (Å²) in [5.41, 5.74) is 1.54. The summed E-state index contributed by atoms with van der Waals surface area (Å²) in [7, 11) is 0. The largest absolute Gasteiger partial charge is 0.312 e. The highest BCUT2D eigenvalue weighted by Crippen LogP contribution is 2.22. The second-order valence-corrected chi connectivity index (χ2v) is 4.70. The number of fused-ring (bicyclic) bond motifs is 1. The molecule has 1 aromatic heterocycles. The van der Waals surface area contributed by atoms with E-state index in [2.05, 4.69) is 10.4 Å². The Labute approximate surface area is 99.6 Å². The summed E-state index contributed by atoms with van der Waals surface area (Å²) in [5, 5.41) is 8.79. The fourth-order valence-corrected chi connectivity index (χ4v) is 2.61. The standard InChI is InChI=1S/C13H16FN3/c1-9-11-5-2-6-12(14)13(11)17(16-9)8-10-4-3-7-15-10/h2,5-6,10,15H,3-4,7-8H2,1H3. The summed E-state index contributed by atoms with van der Waals surface area (Å²) in [6.45, 7) is 3.75. The molecule has 90 valence electrons. The van der Waals surface area contributed by atoms with Crippen LogP contribution in [0.4, 0.5) is 4.39 Å². The number of hydrogen-bond acceptors (Lipinski definition) is 2. The number of rotatable bonds is 2. The van der Waals surface area contributed by atoms with Crippen molar-refractivity contribution < 1.29 is 4.39 Å². The molecule has 2 heterocycles. The molecule has 0 amide bonds. The molecule has 1 aliphatic heterocycles. The third kappa shape index (κ3) is 1.82. The zero-order valence-electron chi connectivity index (χ0n) is 9.91. The number of aryl methyl sites for hydroxylation is 1. The molecule has 3 rings (SSSR count). The van der Waals surface area contributed by atoms with Gasteiger partial charge in [0.1, 0.15) is 11.3 Å². The predicted molar refractivity (Wildman–Crippen MR) is 65.5 cm³/mol. The van der Waals surface area contributed by atoms with Crippen molar-refractivity contribution in [1.29, 1.82) is 0 Å². The molecule has 3 nitrogen and oxygen atoms in total. The molecule has 1 unspecified atom stereocenters. The lowest BCUT2D eigenvalue weighted by atomic mass is 10.2. The summed E-state index contributed by atoms with van der Waals surface area (Å²) in [4.78, 5) is 0. The molecule has 0 spiro atoms. The van der Waals surface area contributed by atoms with Gasteiger partial charge in [0.25, 0.3) is 0 Å². The van der Waals surface area contributed by atoms with Crippen LogP contribution in [0.5, 0.6) is 0 Å². The molecule has 0 saturated carbocycles. The molecule has 1 atom stereocenters. The lowest BCUT2D eigenvalue weighted by Crippen LogP contribution is -2.27. The van der Waals surface area contributed by atoms with E-state index in [0.717, 1.165) is 30.6 Å². The van der Waals surface area contributed by atoms with Crippen LogP contribution in [0.3, 0.4) is 0 Å². The van der Waals surface area contributed by atoms with Gasteiger partial charge in [-0.3, -0.25) is 4.68 Å². The monoisotopic (exact) mass is 233 g/mol. The quantitative estimate of drug-likeness (QED) is 0.862. The third-order valence-electron chi connectivity index (χ3n) is 3.46. The number of hydrogen-bond donors (Lipinski definition) is 1. The van der Waals surface area contributed by atoms with Gasteiger partial charge in [-0.2, -0.15) is 5.10 Å². The van der Waals surface area contributed by atoms with Gasteiger partial charge in [0.2, 0.25) is 0 Å². The number of para-hydroxylation sites is 1. The van der Waals surface area contributed by atoms with Crippen LogP contribution in [0.1, 0.15) is 18.5 Å². The Hall–Kier alpha value is -1.42. The van der Waals surface area contributed by atoms with E-state index in [-0.39, 0.29) is 5.82 Å². The van der Waals surface area contributed by atoms with Crippen molar-refractivity contribution in [1.82, 2.24) is 15.1 Å². The first-order valence-electron chi connectivity index (χ1n) is 6.11. The second kappa shape index (κ2) is 4.11. The number of nitrogens with one attached hydrogen (secondary N) is 1. The van der Waals surface area contributed by atoms with Gasteiger partial charge < -0.3 is 5.32 Å². The van der Waals surface area contributed by atoms with Crippen molar-refractivity contribution >= 4 is 10.9 Å². The molecule has 1 fully saturated rings. The Kier molecular flexibility index (Phi) is 2.59. The highest BCUT2D eigenvalue weighted by atomic mass is 19.1. The molecule has 2 aromatic rings. The Morgan fingerprint density at radius 3 is 3.18 bits per heavy atom. The zero-order valence-corrected chi connectivity index (χ0v) is 9.91. The van der Waals surface area contributed by atoms with Crippen molar-refractivity contribution in [2.24, 2.45) is 0 Å². The minimum absolute atomic E-state index is 0.180. The van der Waals surface area contributed by atoms with Crippen LogP contribution >= 0.6 is 0 Å². The van der Waals surface area contributed by atoms with Gasteiger partial charge in [0.15, 0.2) is 0 Å². The molecule has 4 heteroatoms. The maximum atomic E-state index is 13.9. The van der Waals surface area contributed by atoms with Crippen LogP contribution in [0.2, 0.25) is 0 Å². The van der Waals surface area contributed by atoms with Crippen LogP contribution in [-0.4, -0.2) is 22.4 Å². The average Bonchev–Trinajstić information content (AvgIpc) is 2.90. The van der Waals surface area contributed by atoms with Crippen LogP contribution < -0.4 is 5.32 Å². The van der Waals surface area contributed by atoms with Gasteiger partial charge in [-0.1, -0.05) is 12.1 Å². The number of halogens is 1. The van der Waals surface area contributed by atoms with Crippen LogP contribution in [0.25, 0.3) is 10.9 Å². The minimum atomic E-state index is -0.180. The molecule has 0 radical (unpaired) electrons. The maximum absolute atomic E-state index is 13.9. The van der Waals surface area contributed by atoms with Gasteiger partial charge >= 0.3 is 0 Å². The van der Waals surface area contributed by atoms with Gasteiger partial charge in [-0.25, -0.2) is 4.39 Å². The Balaban J connectivity index is 2.03. The van der Waals surface area contributed by atoms with E-state index >= 15 is 0 Å². The van der Waals surface area contributed by atoms with Crippen molar-refractivity contribution in [2.75, 3.05) is 6.54 Å². The topological polar surface area (TPSA) is 29.9 Å². The summed E-state index contributed by atoms with van der Waals surface area (Å²) >= 11 is 0. The second-order valence-electron chi connectivity index (χ2n) is 4.70. The summed E-state index contributed by atoms with van der Waals surface area (Å²) in [6.07, 6.45) is 2.35. The van der Waals surface area contributed by atoms with Crippen molar-refractivity contribution in [3.63, 3.8) is 0 Å². The van der Waals surface area contributed by atoms with Crippen LogP contribution in [0, 0.1) is 12.7 Å². The highest BCUT2D eigenvalue weighted by molar-refractivity contribution is 5.82. The van der Waals surface area contributed by atoms with E-state index in [0.29, 0.717) is 11.6 Å². The van der Waals surface area contributed by atoms with E-state index in [1.54, 1.807) is 6.07 Å². The van der Waals surface area contributed by atoms with E-state index in [4.69, 9.17) is 0 Å². The lowest BCUT2D eigenvalue weighted by molar-refractivity contribution is 0.479. The van der Waals surface area contributed by atoms with E-state index in [1.807, 2.05) is 17.7 Å². The predicted octanol–water partition coefficient (Wildman–Crippen LogP) is 2.24. The molecule has 1 saturated heterocycles. The number of aromatic nitrogens is 2. The first-order chi connectivity index (χ1) is 8.25. The summed E-state index contributed by atoms with van der Waals surface area (Å²) in [6, 6.07) is 5.60. The molecule has 17 heavy (non-hydrogen) atoms. The van der Waals surface area contributed by atoms with Crippen LogP contribution in [-0.2, 0) is 6.54 Å². The minimum Gasteiger partial charge on any atom is -0.312 e. The Morgan fingerprint density at radius 2 is 2.41 bits per heavy atom. The Morgan fingerprint density at radius 1 is 1.53 bits per heavy atom. The maximum Gasteiger partial charge on any atom is 0.149 e. The number of nitrogens with zero attached hydrogens (tertiary/aromatic N) is 2. The van der Waals surface area contributed by atoms with Crippen molar-refractivity contribution in [3.05, 3.63) is 29.7 Å². The average molecular weight is 233 g/mol. The van der Waals surface area contributed by atoms with Gasteiger partial charge in [0.05, 0.1) is 12.2 Å². The van der Waals surface area contributed by atoms with Crippen LogP contribution in [0.15, 0.2) is 18.2 Å². The molecule has 1 aromatic carbocycles. The summed E-state index contributed by atoms with van der Waals surface area (Å²) in [5.74, 6) is -0.180. The summed E-state index contributed by atoms with van der Waals surface area (Å²) < 4.78 is 15.7. The fraction of sp³-hybridized carbons (Fsp3) is 0.462. The first-order valence-corrected chi connectivity index (χ1v) is 6.11. The van der Waals surface area contributed by atoms with E-state index in [9.17, 15) is 4.39 Å². The van der Waals surface area contributed by atoms with Gasteiger partial charge in [-0.15, -0.1) is 0 Å². The third-order valence-corrected chi connectivity index (χ3v) is 3.46. The van der Waals surface area contributed by atoms with E-state index < -0.39 is 0 Å². The van der Waals surface area contributed by atoms with Crippen molar-refractivity contribution in [2.45, 2.75) is 32.4 Å². The van der Waals surface area contributed by atoms with Gasteiger partial charge in [-0.05, 0) is 32.4 Å². The highest BCUT2D eigenvalue weighted by Gasteiger charge is 2.18. The Bertz CT molecular complexity index is 541. The molecular weight excluding hydrogens is 217 g/mol. The lowest BCUT2D eigenvalue weighted by Gasteiger charge is -2.11.